The zero-order chi connectivity index (χ0) is 10.3. The lowest BCUT2D eigenvalue weighted by molar-refractivity contribution is -0.146. The molecule has 4 heteroatoms. The van der Waals surface area contributed by atoms with E-state index in [1.807, 2.05) is 0 Å². The molecule has 0 radical (unpaired) electrons. The van der Waals surface area contributed by atoms with Crippen molar-refractivity contribution in [2.75, 3.05) is 13.7 Å². The van der Waals surface area contributed by atoms with Gasteiger partial charge in [-0.1, -0.05) is 0 Å². The maximum absolute atomic E-state index is 11.5. The molecule has 80 valence electrons. The van der Waals surface area contributed by atoms with Gasteiger partial charge in [-0.2, -0.15) is 0 Å². The van der Waals surface area contributed by atoms with E-state index in [1.165, 1.54) is 20.0 Å². The quantitative estimate of drug-likeness (QED) is 0.640. The number of nitrogens with zero attached hydrogens (tertiary/aromatic N) is 1. The second kappa shape index (κ2) is 3.21. The molecule has 2 N–H and O–H groups in total. The Morgan fingerprint density at radius 3 is 2.71 bits per heavy atom. The Kier molecular flexibility index (Phi) is 2.27. The van der Waals surface area contributed by atoms with Crippen LogP contribution in [0.2, 0.25) is 0 Å². The molecule has 0 aromatic carbocycles. The van der Waals surface area contributed by atoms with Gasteiger partial charge in [0.05, 0.1) is 7.11 Å². The molecule has 1 saturated heterocycles. The summed E-state index contributed by atoms with van der Waals surface area (Å²) in [6, 6.07) is 1.08. The van der Waals surface area contributed by atoms with Crippen molar-refractivity contribution >= 4 is 5.97 Å². The molecule has 4 nitrogen and oxygen atoms in total. The molecular formula is C10H18N2O2. The maximum atomic E-state index is 11.5. The first-order chi connectivity index (χ1) is 6.57. The molecule has 1 aliphatic carbocycles. The van der Waals surface area contributed by atoms with Gasteiger partial charge >= 0.3 is 5.97 Å². The number of methoxy groups -OCH3 is 1. The van der Waals surface area contributed by atoms with E-state index in [2.05, 4.69) is 11.8 Å². The van der Waals surface area contributed by atoms with Gasteiger partial charge < -0.3 is 10.5 Å². The highest BCUT2D eigenvalue weighted by Crippen LogP contribution is 2.36. The number of carbonyl (C=O) groups excluding carboxylic acids is 1. The standard InChI is InChI=1S/C10H18N2O2/c1-7-5-10(11,9(13)14-2)6-12(7)8-3-4-8/h7-8H,3-6,11H2,1-2H3. The zero-order valence-corrected chi connectivity index (χ0v) is 8.82. The van der Waals surface area contributed by atoms with Crippen LogP contribution in [0.5, 0.6) is 0 Å². The van der Waals surface area contributed by atoms with E-state index < -0.39 is 5.54 Å². The Morgan fingerprint density at radius 2 is 2.21 bits per heavy atom. The predicted octanol–water partition coefficient (Wildman–Crippen LogP) is 0.114. The number of likely N-dealkylation sites (tertiary alicyclic amines) is 1. The van der Waals surface area contributed by atoms with Crippen molar-refractivity contribution < 1.29 is 9.53 Å². The van der Waals surface area contributed by atoms with Gasteiger partial charge in [-0.15, -0.1) is 0 Å². The SMILES string of the molecule is COC(=O)C1(N)CC(C)N(C2CC2)C1. The van der Waals surface area contributed by atoms with Crippen LogP contribution in [0.3, 0.4) is 0 Å². The third-order valence-corrected chi connectivity index (χ3v) is 3.30. The fraction of sp³-hybridized carbons (Fsp3) is 0.900. The first kappa shape index (κ1) is 9.93. The van der Waals surface area contributed by atoms with Crippen molar-refractivity contribution in [3.63, 3.8) is 0 Å². The molecular weight excluding hydrogens is 180 g/mol. The van der Waals surface area contributed by atoms with E-state index in [-0.39, 0.29) is 5.97 Å². The highest BCUT2D eigenvalue weighted by molar-refractivity contribution is 5.81. The van der Waals surface area contributed by atoms with Crippen molar-refractivity contribution in [1.82, 2.24) is 4.90 Å². The van der Waals surface area contributed by atoms with Gasteiger partial charge in [0.25, 0.3) is 0 Å². The van der Waals surface area contributed by atoms with E-state index in [4.69, 9.17) is 10.5 Å². The molecule has 2 atom stereocenters. The second-order valence-electron chi connectivity index (χ2n) is 4.60. The van der Waals surface area contributed by atoms with Crippen molar-refractivity contribution in [1.29, 1.82) is 0 Å². The fourth-order valence-corrected chi connectivity index (χ4v) is 2.44. The third-order valence-electron chi connectivity index (χ3n) is 3.30. The smallest absolute Gasteiger partial charge is 0.327 e. The number of hydrogen-bond donors (Lipinski definition) is 1. The summed E-state index contributed by atoms with van der Waals surface area (Å²) in [5.41, 5.74) is 5.28. The molecule has 14 heavy (non-hydrogen) atoms. The molecule has 1 aliphatic heterocycles. The van der Waals surface area contributed by atoms with E-state index >= 15 is 0 Å². The largest absolute Gasteiger partial charge is 0.468 e. The minimum Gasteiger partial charge on any atom is -0.468 e. The number of ether oxygens (including phenoxy) is 1. The minimum atomic E-state index is -0.767. The summed E-state index contributed by atoms with van der Waals surface area (Å²) in [4.78, 5) is 13.8. The van der Waals surface area contributed by atoms with E-state index in [0.29, 0.717) is 18.6 Å². The van der Waals surface area contributed by atoms with Gasteiger partial charge in [-0.25, -0.2) is 0 Å². The topological polar surface area (TPSA) is 55.6 Å². The van der Waals surface area contributed by atoms with Crippen molar-refractivity contribution in [2.24, 2.45) is 5.73 Å². The Morgan fingerprint density at radius 1 is 1.57 bits per heavy atom. The molecule has 2 fully saturated rings. The molecule has 0 amide bonds. The van der Waals surface area contributed by atoms with Gasteiger partial charge in [-0.05, 0) is 26.2 Å². The Balaban J connectivity index is 2.06. The maximum Gasteiger partial charge on any atom is 0.327 e. The van der Waals surface area contributed by atoms with E-state index in [1.54, 1.807) is 0 Å². The summed E-state index contributed by atoms with van der Waals surface area (Å²) in [7, 11) is 1.40. The van der Waals surface area contributed by atoms with Gasteiger partial charge in [0, 0.05) is 18.6 Å². The van der Waals surface area contributed by atoms with Crippen LogP contribution in [0, 0.1) is 0 Å². The molecule has 1 heterocycles. The first-order valence-corrected chi connectivity index (χ1v) is 5.20. The van der Waals surface area contributed by atoms with Crippen LogP contribution in [-0.4, -0.2) is 42.1 Å². The summed E-state index contributed by atoms with van der Waals surface area (Å²) < 4.78 is 4.74. The summed E-state index contributed by atoms with van der Waals surface area (Å²) in [5, 5.41) is 0. The van der Waals surface area contributed by atoms with Gasteiger partial charge in [-0.3, -0.25) is 9.69 Å². The van der Waals surface area contributed by atoms with E-state index in [0.717, 1.165) is 6.42 Å². The number of nitrogens with two attached hydrogens (primary N) is 1. The lowest BCUT2D eigenvalue weighted by atomic mass is 9.98. The van der Waals surface area contributed by atoms with Crippen molar-refractivity contribution in [3.8, 4) is 0 Å². The molecule has 2 unspecified atom stereocenters. The summed E-state index contributed by atoms with van der Waals surface area (Å²) in [6.07, 6.45) is 3.22. The van der Waals surface area contributed by atoms with Crippen LogP contribution in [0.25, 0.3) is 0 Å². The van der Waals surface area contributed by atoms with Gasteiger partial charge in [0.15, 0.2) is 0 Å². The Labute approximate surface area is 84.4 Å². The average Bonchev–Trinajstić information content (AvgIpc) is 2.92. The van der Waals surface area contributed by atoms with Gasteiger partial charge in [0.1, 0.15) is 5.54 Å². The lowest BCUT2D eigenvalue weighted by Gasteiger charge is -2.22. The molecule has 0 spiro atoms. The van der Waals surface area contributed by atoms with Crippen LogP contribution in [-0.2, 0) is 9.53 Å². The highest BCUT2D eigenvalue weighted by Gasteiger charge is 2.49. The van der Waals surface area contributed by atoms with Crippen LogP contribution in [0.1, 0.15) is 26.2 Å². The van der Waals surface area contributed by atoms with Crippen LogP contribution >= 0.6 is 0 Å². The Bertz CT molecular complexity index is 253. The molecule has 0 aromatic heterocycles. The third kappa shape index (κ3) is 1.53. The van der Waals surface area contributed by atoms with Crippen molar-refractivity contribution in [2.45, 2.75) is 43.8 Å². The number of hydrogen-bond acceptors (Lipinski definition) is 4. The average molecular weight is 198 g/mol. The fourth-order valence-electron chi connectivity index (χ4n) is 2.44. The minimum absolute atomic E-state index is 0.271. The van der Waals surface area contributed by atoms with Crippen molar-refractivity contribution in [3.05, 3.63) is 0 Å². The molecule has 2 aliphatic rings. The monoisotopic (exact) mass is 198 g/mol. The number of esters is 1. The summed E-state index contributed by atoms with van der Waals surface area (Å²) in [5.74, 6) is -0.271. The summed E-state index contributed by atoms with van der Waals surface area (Å²) in [6.45, 7) is 2.79. The summed E-state index contributed by atoms with van der Waals surface area (Å²) >= 11 is 0. The number of carbonyl (C=O) groups is 1. The lowest BCUT2D eigenvalue weighted by Crippen LogP contribution is -2.51. The predicted molar refractivity (Wildman–Crippen MR) is 52.7 cm³/mol. The molecule has 1 saturated carbocycles. The molecule has 0 bridgehead atoms. The molecule has 0 aromatic rings. The van der Waals surface area contributed by atoms with Gasteiger partial charge in [0.2, 0.25) is 0 Å². The highest BCUT2D eigenvalue weighted by atomic mass is 16.5. The second-order valence-corrected chi connectivity index (χ2v) is 4.60. The normalized spacial score (nSPS) is 38.6. The number of rotatable bonds is 2. The van der Waals surface area contributed by atoms with Crippen LogP contribution in [0.15, 0.2) is 0 Å². The first-order valence-electron chi connectivity index (χ1n) is 5.20. The van der Waals surface area contributed by atoms with E-state index in [9.17, 15) is 4.79 Å². The van der Waals surface area contributed by atoms with Crippen LogP contribution in [0.4, 0.5) is 0 Å². The Hall–Kier alpha value is -0.610. The van der Waals surface area contributed by atoms with Crippen LogP contribution < -0.4 is 5.73 Å². The molecule has 2 rings (SSSR count). The zero-order valence-electron chi connectivity index (χ0n) is 8.82.